The fourth-order valence-corrected chi connectivity index (χ4v) is 4.48. The number of rotatable bonds is 3. The average Bonchev–Trinajstić information content (AvgIpc) is 2.68. The van der Waals surface area contributed by atoms with Crippen LogP contribution < -0.4 is 15.9 Å². The average molecular weight is 322 g/mol. The molecule has 0 atom stereocenters. The van der Waals surface area contributed by atoms with Gasteiger partial charge in [0, 0.05) is 0 Å². The van der Waals surface area contributed by atoms with Crippen LogP contribution in [0, 0.1) is 0 Å². The Kier molecular flexibility index (Phi) is 9.68. The molecule has 0 amide bonds. The van der Waals surface area contributed by atoms with E-state index in [0.29, 0.717) is 0 Å². The molecule has 3 rings (SSSR count). The minimum Gasteiger partial charge on any atom is -0.0683 e. The maximum Gasteiger partial charge on any atom is -0.0134 e. The monoisotopic (exact) mass is 322 g/mol. The van der Waals surface area contributed by atoms with Crippen LogP contribution in [0.5, 0.6) is 0 Å². The Balaban J connectivity index is 0.000000615. The second-order valence-corrected chi connectivity index (χ2v) is 6.56. The van der Waals surface area contributed by atoms with E-state index in [2.05, 4.69) is 91.0 Å². The van der Waals surface area contributed by atoms with Gasteiger partial charge in [0.2, 0.25) is 0 Å². The summed E-state index contributed by atoms with van der Waals surface area (Å²) in [6.07, 6.45) is 0. The molecule has 0 fully saturated rings. The summed E-state index contributed by atoms with van der Waals surface area (Å²) < 4.78 is 0. The number of benzene rings is 3. The van der Waals surface area contributed by atoms with Gasteiger partial charge in [-0.25, -0.2) is 0 Å². The van der Waals surface area contributed by atoms with Gasteiger partial charge in [-0.15, -0.1) is 0 Å². The largest absolute Gasteiger partial charge is 0.0683 e. The summed E-state index contributed by atoms with van der Waals surface area (Å²) in [4.78, 5) is 0. The highest BCUT2D eigenvalue weighted by Gasteiger charge is 2.14. The van der Waals surface area contributed by atoms with Gasteiger partial charge in [0.15, 0.2) is 0 Å². The molecule has 0 saturated heterocycles. The van der Waals surface area contributed by atoms with Crippen LogP contribution in [0.15, 0.2) is 91.0 Å². The first kappa shape index (κ1) is 19.1. The molecule has 23 heavy (non-hydrogen) atoms. The van der Waals surface area contributed by atoms with E-state index in [0.717, 1.165) is 0 Å². The lowest BCUT2D eigenvalue weighted by molar-refractivity contribution is 1.50. The molecule has 0 N–H and O–H groups in total. The van der Waals surface area contributed by atoms with Gasteiger partial charge in [-0.1, -0.05) is 119 Å². The lowest BCUT2D eigenvalue weighted by Gasteiger charge is -2.18. The van der Waals surface area contributed by atoms with Crippen molar-refractivity contribution >= 4 is 23.8 Å². The van der Waals surface area contributed by atoms with E-state index in [4.69, 9.17) is 0 Å². The van der Waals surface area contributed by atoms with Crippen molar-refractivity contribution in [3.63, 3.8) is 0 Å². The first-order valence-electron chi connectivity index (χ1n) is 8.40. The van der Waals surface area contributed by atoms with Gasteiger partial charge in [-0.3, -0.25) is 0 Å². The standard InChI is InChI=1S/C18H15P.2C2H6/c1-4-10-16(11-5-1)19(17-12-6-2-7-13-17)18-14-8-3-9-15-18;2*1-2/h1-15H;2*1-2H3. The van der Waals surface area contributed by atoms with Crippen molar-refractivity contribution in [2.75, 3.05) is 0 Å². The van der Waals surface area contributed by atoms with E-state index < -0.39 is 7.92 Å². The van der Waals surface area contributed by atoms with Crippen LogP contribution in [0.4, 0.5) is 0 Å². The molecule has 0 unspecified atom stereocenters. The molecule has 3 aromatic carbocycles. The third-order valence-electron chi connectivity index (χ3n) is 3.04. The van der Waals surface area contributed by atoms with Crippen molar-refractivity contribution in [3.05, 3.63) is 91.0 Å². The molecule has 1 heteroatoms. The second-order valence-electron chi connectivity index (χ2n) is 4.34. The third-order valence-corrected chi connectivity index (χ3v) is 5.49. The van der Waals surface area contributed by atoms with Crippen molar-refractivity contribution in [1.29, 1.82) is 0 Å². The first-order chi connectivity index (χ1) is 11.4. The van der Waals surface area contributed by atoms with Crippen LogP contribution in [0.2, 0.25) is 0 Å². The zero-order chi connectivity index (χ0) is 16.9. The smallest absolute Gasteiger partial charge is 0.0134 e. The molecule has 3 aromatic rings. The highest BCUT2D eigenvalue weighted by atomic mass is 31.1. The molecule has 0 saturated carbocycles. The molecule has 0 bridgehead atoms. The Bertz CT molecular complexity index is 524. The normalized spacial score (nSPS) is 9.26. The summed E-state index contributed by atoms with van der Waals surface area (Å²) in [5.41, 5.74) is 0. The molecule has 0 aliphatic carbocycles. The quantitative estimate of drug-likeness (QED) is 0.559. The highest BCUT2D eigenvalue weighted by Crippen LogP contribution is 2.32. The maximum absolute atomic E-state index is 2.23. The van der Waals surface area contributed by atoms with Gasteiger partial charge >= 0.3 is 0 Å². The summed E-state index contributed by atoms with van der Waals surface area (Å²) in [5.74, 6) is 0. The van der Waals surface area contributed by atoms with Gasteiger partial charge in [0.25, 0.3) is 0 Å². The molecule has 0 aliphatic rings. The van der Waals surface area contributed by atoms with E-state index in [-0.39, 0.29) is 0 Å². The molecule has 0 spiro atoms. The molecule has 0 aliphatic heterocycles. The minimum absolute atomic E-state index is 0.446. The van der Waals surface area contributed by atoms with Gasteiger partial charge in [0.05, 0.1) is 0 Å². The lowest BCUT2D eigenvalue weighted by Crippen LogP contribution is -2.20. The Morgan fingerprint density at radius 1 is 0.391 bits per heavy atom. The van der Waals surface area contributed by atoms with Crippen LogP contribution >= 0.6 is 7.92 Å². The Hall–Kier alpha value is -1.91. The summed E-state index contributed by atoms with van der Waals surface area (Å²) in [6, 6.07) is 32.3. The zero-order valence-electron chi connectivity index (χ0n) is 14.6. The Morgan fingerprint density at radius 2 is 0.609 bits per heavy atom. The zero-order valence-corrected chi connectivity index (χ0v) is 15.5. The summed E-state index contributed by atoms with van der Waals surface area (Å²) in [5, 5.41) is 4.19. The van der Waals surface area contributed by atoms with Gasteiger partial charge < -0.3 is 0 Å². The van der Waals surface area contributed by atoms with Crippen molar-refractivity contribution in [2.45, 2.75) is 27.7 Å². The predicted octanol–water partition coefficient (Wildman–Crippen LogP) is 5.50. The molecule has 0 radical (unpaired) electrons. The van der Waals surface area contributed by atoms with E-state index in [1.54, 1.807) is 0 Å². The third kappa shape index (κ3) is 5.66. The molecular formula is C22H27P. The Morgan fingerprint density at radius 3 is 0.826 bits per heavy atom. The topological polar surface area (TPSA) is 0 Å². The van der Waals surface area contributed by atoms with Crippen LogP contribution in [0.1, 0.15) is 27.7 Å². The Labute approximate surface area is 143 Å². The summed E-state index contributed by atoms with van der Waals surface area (Å²) >= 11 is 0. The molecule has 0 nitrogen and oxygen atoms in total. The van der Waals surface area contributed by atoms with Crippen molar-refractivity contribution in [1.82, 2.24) is 0 Å². The van der Waals surface area contributed by atoms with E-state index in [1.165, 1.54) is 15.9 Å². The van der Waals surface area contributed by atoms with E-state index >= 15 is 0 Å². The van der Waals surface area contributed by atoms with Crippen LogP contribution in [0.25, 0.3) is 0 Å². The molecule has 0 heterocycles. The summed E-state index contributed by atoms with van der Waals surface area (Å²) in [6.45, 7) is 8.00. The van der Waals surface area contributed by atoms with Crippen LogP contribution in [0.3, 0.4) is 0 Å². The van der Waals surface area contributed by atoms with Gasteiger partial charge in [0.1, 0.15) is 0 Å². The van der Waals surface area contributed by atoms with Crippen molar-refractivity contribution in [3.8, 4) is 0 Å². The molecular weight excluding hydrogens is 295 g/mol. The lowest BCUT2D eigenvalue weighted by atomic mass is 10.4. The fraction of sp³-hybridized carbons (Fsp3) is 0.182. The summed E-state index contributed by atoms with van der Waals surface area (Å²) in [7, 11) is -0.446. The van der Waals surface area contributed by atoms with Crippen molar-refractivity contribution in [2.24, 2.45) is 0 Å². The number of hydrogen-bond donors (Lipinski definition) is 0. The minimum atomic E-state index is -0.446. The van der Waals surface area contributed by atoms with E-state index in [9.17, 15) is 0 Å². The molecule has 120 valence electrons. The highest BCUT2D eigenvalue weighted by molar-refractivity contribution is 7.79. The number of hydrogen-bond acceptors (Lipinski definition) is 0. The first-order valence-corrected chi connectivity index (χ1v) is 9.74. The van der Waals surface area contributed by atoms with Gasteiger partial charge in [-0.05, 0) is 23.8 Å². The SMILES string of the molecule is CC.CC.c1ccc(P(c2ccccc2)c2ccccc2)cc1. The van der Waals surface area contributed by atoms with Gasteiger partial charge in [-0.2, -0.15) is 0 Å². The van der Waals surface area contributed by atoms with Crippen LogP contribution in [-0.4, -0.2) is 0 Å². The van der Waals surface area contributed by atoms with Crippen LogP contribution in [-0.2, 0) is 0 Å². The fourth-order valence-electron chi connectivity index (χ4n) is 2.18. The van der Waals surface area contributed by atoms with E-state index in [1.807, 2.05) is 27.7 Å². The second kappa shape index (κ2) is 11.6. The predicted molar refractivity (Wildman–Crippen MR) is 108 cm³/mol. The maximum atomic E-state index is 2.23. The molecule has 0 aromatic heterocycles. The van der Waals surface area contributed by atoms with Crippen molar-refractivity contribution < 1.29 is 0 Å².